The van der Waals surface area contributed by atoms with Crippen molar-refractivity contribution in [1.82, 2.24) is 0 Å². The van der Waals surface area contributed by atoms with Crippen molar-refractivity contribution in [2.24, 2.45) is 0 Å². The van der Waals surface area contributed by atoms with Crippen LogP contribution < -0.4 is 20.8 Å². The van der Waals surface area contributed by atoms with Gasteiger partial charge < -0.3 is 4.90 Å². The van der Waals surface area contributed by atoms with Gasteiger partial charge >= 0.3 is 0 Å². The normalized spacial score (nSPS) is 11.2. The van der Waals surface area contributed by atoms with E-state index < -0.39 is 6.89 Å². The van der Waals surface area contributed by atoms with Gasteiger partial charge in [0.2, 0.25) is 0 Å². The summed E-state index contributed by atoms with van der Waals surface area (Å²) in [4.78, 5) is 16.6. The van der Waals surface area contributed by atoms with Crippen molar-refractivity contribution in [3.8, 4) is 0 Å². The minimum absolute atomic E-state index is 0.0102. The summed E-state index contributed by atoms with van der Waals surface area (Å²) in [5.74, 6) is 2.01. The number of carbonyl (C=O) groups excluding carboxylic acids is 1. The van der Waals surface area contributed by atoms with Gasteiger partial charge in [0.1, 0.15) is 0 Å². The Labute approximate surface area is 236 Å². The van der Waals surface area contributed by atoms with Crippen molar-refractivity contribution in [1.29, 1.82) is 0 Å². The van der Waals surface area contributed by atoms with E-state index >= 15 is 0 Å². The Morgan fingerprint density at radius 2 is 0.975 bits per heavy atom. The van der Waals surface area contributed by atoms with Crippen molar-refractivity contribution in [2.75, 3.05) is 4.90 Å². The van der Waals surface area contributed by atoms with E-state index in [1.807, 2.05) is 59.2 Å². The fourth-order valence-corrected chi connectivity index (χ4v) is 9.14. The summed E-state index contributed by atoms with van der Waals surface area (Å²) in [5.41, 5.74) is 2.00. The molecule has 6 aromatic carbocycles. The van der Waals surface area contributed by atoms with Crippen LogP contribution in [0.4, 0.5) is 5.69 Å². The highest BCUT2D eigenvalue weighted by Crippen LogP contribution is 2.44. The van der Waals surface area contributed by atoms with Crippen LogP contribution in [0.3, 0.4) is 0 Å². The molecule has 3 heteroatoms. The maximum atomic E-state index is 14.7. The largest absolute Gasteiger partial charge is 0.304 e. The van der Waals surface area contributed by atoms with Crippen LogP contribution in [0.25, 0.3) is 10.8 Å². The van der Waals surface area contributed by atoms with Crippen molar-refractivity contribution < 1.29 is 4.79 Å². The van der Waals surface area contributed by atoms with Gasteiger partial charge in [-0.15, -0.1) is 0 Å². The van der Waals surface area contributed by atoms with Crippen molar-refractivity contribution >= 4 is 51.0 Å². The van der Waals surface area contributed by atoms with Crippen LogP contribution in [0.2, 0.25) is 0 Å². The topological polar surface area (TPSA) is 20.3 Å². The van der Waals surface area contributed by atoms with E-state index in [-0.39, 0.29) is 5.91 Å². The summed E-state index contributed by atoms with van der Waals surface area (Å²) in [5, 5.41) is 5.79. The summed E-state index contributed by atoms with van der Waals surface area (Å²) in [6.45, 7) is -1.98. The molecule has 0 N–H and O–H groups in total. The molecular formula is C37H30NOP. The van der Waals surface area contributed by atoms with E-state index in [4.69, 9.17) is 0 Å². The smallest absolute Gasteiger partial charge is 0.252 e. The second-order valence-corrected chi connectivity index (χ2v) is 13.0. The maximum absolute atomic E-state index is 14.7. The molecule has 0 spiro atoms. The zero-order valence-corrected chi connectivity index (χ0v) is 23.1. The Morgan fingerprint density at radius 1 is 0.525 bits per heavy atom. The summed E-state index contributed by atoms with van der Waals surface area (Å²) in [6.07, 6.45) is 0. The van der Waals surface area contributed by atoms with Gasteiger partial charge in [-0.2, -0.15) is 0 Å². The fourth-order valence-electron chi connectivity index (χ4n) is 5.40. The van der Waals surface area contributed by atoms with Gasteiger partial charge in [-0.25, -0.2) is 0 Å². The van der Waals surface area contributed by atoms with E-state index in [0.29, 0.717) is 6.54 Å². The highest BCUT2D eigenvalue weighted by Gasteiger charge is 2.28. The molecule has 0 fully saturated rings. The zero-order valence-electron chi connectivity index (χ0n) is 22.2. The fraction of sp³-hybridized carbons (Fsp3) is 0.0270. The number of fused-ring (bicyclic) bond motifs is 1. The van der Waals surface area contributed by atoms with Crippen LogP contribution in [0.1, 0.15) is 5.56 Å². The third-order valence-electron chi connectivity index (χ3n) is 7.34. The highest BCUT2D eigenvalue weighted by molar-refractivity contribution is 7.95. The Morgan fingerprint density at radius 3 is 1.52 bits per heavy atom. The monoisotopic (exact) mass is 535 g/mol. The summed E-state index contributed by atoms with van der Waals surface area (Å²) in [6, 6.07) is 56.2. The molecule has 0 aromatic heterocycles. The van der Waals surface area contributed by atoms with Gasteiger partial charge in [-0.05, 0) is 51.3 Å². The molecule has 6 aromatic rings. The highest BCUT2D eigenvalue weighted by atomic mass is 31.2. The first-order chi connectivity index (χ1) is 19.8. The minimum Gasteiger partial charge on any atom is -0.304 e. The number of carbonyl (C=O) groups is 1. The number of nitrogens with zero attached hydrogens (tertiary/aromatic N) is 1. The molecule has 0 radical (unpaired) electrons. The molecule has 0 aliphatic carbocycles. The predicted molar refractivity (Wildman–Crippen MR) is 173 cm³/mol. The molecule has 2 nitrogen and oxygen atoms in total. The Kier molecular flexibility index (Phi) is 7.44. The quantitative estimate of drug-likeness (QED) is 0.199. The first-order valence-corrected chi connectivity index (χ1v) is 15.4. The molecule has 0 atom stereocenters. The average Bonchev–Trinajstić information content (AvgIpc) is 3.04. The number of anilines is 1. The number of hydrogen-bond donors (Lipinski definition) is 0. The Hall–Kier alpha value is -4.65. The average molecular weight is 536 g/mol. The molecule has 1 amide bonds. The summed E-state index contributed by atoms with van der Waals surface area (Å²) in [7, 11) is 0. The third kappa shape index (κ3) is 5.02. The van der Waals surface area contributed by atoms with Crippen molar-refractivity contribution in [3.05, 3.63) is 169 Å². The minimum atomic E-state index is -2.45. The SMILES string of the molecule is O=C(C=P(c1ccccc1)(c1ccccc1)c1ccccc1)N(Cc1cccc2ccccc12)c1ccccc1. The van der Waals surface area contributed by atoms with Gasteiger partial charge in [-0.3, -0.25) is 4.79 Å². The molecule has 0 saturated carbocycles. The van der Waals surface area contributed by atoms with Crippen LogP contribution >= 0.6 is 6.89 Å². The Balaban J connectivity index is 1.59. The Bertz CT molecular complexity index is 1670. The van der Waals surface area contributed by atoms with Gasteiger partial charge in [-0.1, -0.05) is 152 Å². The molecule has 0 aliphatic rings. The molecule has 194 valence electrons. The molecule has 0 bridgehead atoms. The summed E-state index contributed by atoms with van der Waals surface area (Å²) < 4.78 is 0. The number of para-hydroxylation sites is 1. The number of rotatable bonds is 7. The van der Waals surface area contributed by atoms with Crippen molar-refractivity contribution in [3.63, 3.8) is 0 Å². The zero-order chi connectivity index (χ0) is 27.2. The standard InChI is InChI=1S/C37H30NOP/c39-37(38(32-19-5-1-6-20-32)28-31-18-15-17-30-16-13-14-27-36(30)31)29-40(33-21-7-2-8-22-33,34-23-9-3-10-24-34)35-25-11-4-12-26-35/h1-27,29H,28H2. The molecule has 0 saturated heterocycles. The number of amides is 1. The third-order valence-corrected chi connectivity index (χ3v) is 11.3. The van der Waals surface area contributed by atoms with Crippen LogP contribution in [0, 0.1) is 0 Å². The molecular weight excluding hydrogens is 505 g/mol. The molecule has 0 unspecified atom stereocenters. The molecule has 0 heterocycles. The van der Waals surface area contributed by atoms with Crippen LogP contribution in [0.5, 0.6) is 0 Å². The molecule has 0 aliphatic heterocycles. The summed E-state index contributed by atoms with van der Waals surface area (Å²) >= 11 is 0. The predicted octanol–water partition coefficient (Wildman–Crippen LogP) is 7.17. The first-order valence-electron chi connectivity index (χ1n) is 13.5. The maximum Gasteiger partial charge on any atom is 0.252 e. The van der Waals surface area contributed by atoms with Gasteiger partial charge in [0.25, 0.3) is 5.91 Å². The van der Waals surface area contributed by atoms with Crippen LogP contribution in [-0.2, 0) is 11.3 Å². The number of hydrogen-bond acceptors (Lipinski definition) is 1. The van der Waals surface area contributed by atoms with E-state index in [1.54, 1.807) is 0 Å². The lowest BCUT2D eigenvalue weighted by molar-refractivity contribution is -0.112. The van der Waals surface area contributed by atoms with Crippen LogP contribution in [-0.4, -0.2) is 11.7 Å². The van der Waals surface area contributed by atoms with Gasteiger partial charge in [0, 0.05) is 11.5 Å². The van der Waals surface area contributed by atoms with Crippen molar-refractivity contribution in [2.45, 2.75) is 6.54 Å². The van der Waals surface area contributed by atoms with E-state index in [0.717, 1.165) is 32.6 Å². The first kappa shape index (κ1) is 25.6. The molecule has 40 heavy (non-hydrogen) atoms. The second-order valence-electron chi connectivity index (χ2n) is 9.76. The van der Waals surface area contributed by atoms with E-state index in [2.05, 4.69) is 115 Å². The van der Waals surface area contributed by atoms with E-state index in [9.17, 15) is 4.79 Å². The number of benzene rings is 6. The molecule has 6 rings (SSSR count). The lowest BCUT2D eigenvalue weighted by atomic mass is 10.0. The second kappa shape index (κ2) is 11.6. The lowest BCUT2D eigenvalue weighted by Crippen LogP contribution is -2.35. The van der Waals surface area contributed by atoms with Gasteiger partial charge in [0.05, 0.1) is 6.54 Å². The lowest BCUT2D eigenvalue weighted by Gasteiger charge is -2.30. The van der Waals surface area contributed by atoms with Gasteiger partial charge in [0.15, 0.2) is 0 Å². The van der Waals surface area contributed by atoms with Crippen LogP contribution in [0.15, 0.2) is 164 Å². The van der Waals surface area contributed by atoms with E-state index in [1.165, 1.54) is 5.39 Å².